The molecule has 0 aromatic carbocycles. The SMILES string of the molecule is Cc1csc(CC2CC3(CN2C(=O)CNC=O)OCCO3)c1. The fourth-order valence-corrected chi connectivity index (χ4v) is 4.11. The molecule has 1 unspecified atom stereocenters. The van der Waals surface area contributed by atoms with Gasteiger partial charge in [-0.25, -0.2) is 0 Å². The number of ether oxygens (including phenoxy) is 2. The van der Waals surface area contributed by atoms with Gasteiger partial charge < -0.3 is 19.7 Å². The average molecular weight is 324 g/mol. The lowest BCUT2D eigenvalue weighted by Gasteiger charge is -2.24. The maximum absolute atomic E-state index is 12.3. The van der Waals surface area contributed by atoms with Gasteiger partial charge in [0, 0.05) is 23.8 Å². The first kappa shape index (κ1) is 15.5. The largest absolute Gasteiger partial charge is 0.350 e. The number of carbonyl (C=O) groups is 2. The lowest BCUT2D eigenvalue weighted by Crippen LogP contribution is -2.43. The number of amides is 2. The normalized spacial score (nSPS) is 23.1. The molecule has 2 aliphatic heterocycles. The molecule has 1 aromatic rings. The quantitative estimate of drug-likeness (QED) is 0.809. The van der Waals surface area contributed by atoms with Gasteiger partial charge in [0.05, 0.1) is 26.3 Å². The van der Waals surface area contributed by atoms with E-state index >= 15 is 0 Å². The van der Waals surface area contributed by atoms with Gasteiger partial charge in [-0.3, -0.25) is 9.59 Å². The second kappa shape index (κ2) is 6.36. The Morgan fingerprint density at radius 1 is 1.55 bits per heavy atom. The van der Waals surface area contributed by atoms with Gasteiger partial charge in [-0.15, -0.1) is 11.3 Å². The van der Waals surface area contributed by atoms with Crippen molar-refractivity contribution in [3.8, 4) is 0 Å². The molecule has 0 aliphatic carbocycles. The second-order valence-corrected chi connectivity index (χ2v) is 6.78. The second-order valence-electron chi connectivity index (χ2n) is 5.78. The fourth-order valence-electron chi connectivity index (χ4n) is 3.16. The summed E-state index contributed by atoms with van der Waals surface area (Å²) in [6.07, 6.45) is 2.01. The predicted molar refractivity (Wildman–Crippen MR) is 81.6 cm³/mol. The van der Waals surface area contributed by atoms with Crippen LogP contribution in [0.1, 0.15) is 16.9 Å². The van der Waals surface area contributed by atoms with Gasteiger partial charge >= 0.3 is 0 Å². The maximum Gasteiger partial charge on any atom is 0.242 e. The van der Waals surface area contributed by atoms with Crippen molar-refractivity contribution in [3.05, 3.63) is 21.9 Å². The third-order valence-corrected chi connectivity index (χ3v) is 5.17. The summed E-state index contributed by atoms with van der Waals surface area (Å²) in [5.41, 5.74) is 1.24. The first-order chi connectivity index (χ1) is 10.6. The highest BCUT2D eigenvalue weighted by Crippen LogP contribution is 2.36. The Morgan fingerprint density at radius 2 is 2.32 bits per heavy atom. The minimum absolute atomic E-state index is 0.0134. The topological polar surface area (TPSA) is 67.9 Å². The highest BCUT2D eigenvalue weighted by Gasteiger charge is 2.49. The molecule has 22 heavy (non-hydrogen) atoms. The molecule has 3 heterocycles. The molecule has 7 heteroatoms. The van der Waals surface area contributed by atoms with Crippen molar-refractivity contribution < 1.29 is 19.1 Å². The van der Waals surface area contributed by atoms with E-state index in [-0.39, 0.29) is 18.5 Å². The van der Waals surface area contributed by atoms with E-state index in [0.29, 0.717) is 32.6 Å². The standard InChI is InChI=1S/C15H20N2O4S/c1-11-4-13(22-8-11)5-12-6-15(20-2-3-21-15)9-17(12)14(19)7-16-10-18/h4,8,10,12H,2-3,5-7,9H2,1H3,(H,16,18). The van der Waals surface area contributed by atoms with Crippen LogP contribution in [0.3, 0.4) is 0 Å². The van der Waals surface area contributed by atoms with Crippen molar-refractivity contribution in [2.75, 3.05) is 26.3 Å². The predicted octanol–water partition coefficient (Wildman–Crippen LogP) is 0.689. The Bertz CT molecular complexity index is 553. The van der Waals surface area contributed by atoms with Crippen molar-refractivity contribution in [1.29, 1.82) is 0 Å². The van der Waals surface area contributed by atoms with Gasteiger partial charge in [-0.2, -0.15) is 0 Å². The number of nitrogens with one attached hydrogen (secondary N) is 1. The summed E-state index contributed by atoms with van der Waals surface area (Å²) in [6.45, 7) is 3.65. The van der Waals surface area contributed by atoms with Crippen LogP contribution >= 0.6 is 11.3 Å². The van der Waals surface area contributed by atoms with Gasteiger partial charge in [0.25, 0.3) is 0 Å². The van der Waals surface area contributed by atoms with Crippen LogP contribution in [0.5, 0.6) is 0 Å². The third kappa shape index (κ3) is 3.16. The summed E-state index contributed by atoms with van der Waals surface area (Å²) in [5.74, 6) is -0.755. The molecule has 0 saturated carbocycles. The van der Waals surface area contributed by atoms with E-state index in [2.05, 4.69) is 23.7 Å². The number of thiophene rings is 1. The summed E-state index contributed by atoms with van der Waals surface area (Å²) in [4.78, 5) is 25.8. The van der Waals surface area contributed by atoms with Crippen LogP contribution in [0.4, 0.5) is 0 Å². The molecule has 1 N–H and O–H groups in total. The lowest BCUT2D eigenvalue weighted by atomic mass is 10.1. The molecule has 0 bridgehead atoms. The van der Waals surface area contributed by atoms with Gasteiger partial charge in [0.2, 0.25) is 12.3 Å². The van der Waals surface area contributed by atoms with Crippen molar-refractivity contribution in [1.82, 2.24) is 10.2 Å². The molecule has 1 spiro atoms. The average Bonchev–Trinajstić information content (AvgIpc) is 3.20. The lowest BCUT2D eigenvalue weighted by molar-refractivity contribution is -0.152. The van der Waals surface area contributed by atoms with Crippen LogP contribution in [0.15, 0.2) is 11.4 Å². The molecule has 6 nitrogen and oxygen atoms in total. The number of carbonyl (C=O) groups excluding carboxylic acids is 2. The number of nitrogens with zero attached hydrogens (tertiary/aromatic N) is 1. The Kier molecular flexibility index (Phi) is 4.46. The molecule has 0 radical (unpaired) electrons. The highest BCUT2D eigenvalue weighted by molar-refractivity contribution is 7.10. The van der Waals surface area contributed by atoms with E-state index in [1.165, 1.54) is 10.4 Å². The Labute approximate surface area is 133 Å². The minimum Gasteiger partial charge on any atom is -0.350 e. The van der Waals surface area contributed by atoms with Crippen LogP contribution in [-0.2, 0) is 25.5 Å². The number of rotatable bonds is 5. The summed E-state index contributed by atoms with van der Waals surface area (Å²) in [5, 5.41) is 4.56. The van der Waals surface area contributed by atoms with Crippen molar-refractivity contribution in [2.45, 2.75) is 31.6 Å². The van der Waals surface area contributed by atoms with E-state index < -0.39 is 5.79 Å². The highest BCUT2D eigenvalue weighted by atomic mass is 32.1. The van der Waals surface area contributed by atoms with Crippen LogP contribution in [0, 0.1) is 6.92 Å². The minimum atomic E-state index is -0.659. The zero-order chi connectivity index (χ0) is 15.6. The van der Waals surface area contributed by atoms with E-state index in [1.807, 2.05) is 0 Å². The molecule has 2 fully saturated rings. The van der Waals surface area contributed by atoms with E-state index in [4.69, 9.17) is 9.47 Å². The van der Waals surface area contributed by atoms with Crippen molar-refractivity contribution >= 4 is 23.7 Å². The smallest absolute Gasteiger partial charge is 0.242 e. The summed E-state index contributed by atoms with van der Waals surface area (Å²) >= 11 is 1.71. The first-order valence-electron chi connectivity index (χ1n) is 7.40. The third-order valence-electron chi connectivity index (χ3n) is 4.09. The van der Waals surface area contributed by atoms with Crippen LogP contribution in [0.2, 0.25) is 0 Å². The number of likely N-dealkylation sites (tertiary alicyclic amines) is 1. The zero-order valence-corrected chi connectivity index (χ0v) is 13.4. The molecule has 2 amide bonds. The van der Waals surface area contributed by atoms with Gasteiger partial charge in [-0.1, -0.05) is 0 Å². The van der Waals surface area contributed by atoms with Crippen molar-refractivity contribution in [3.63, 3.8) is 0 Å². The molecular formula is C15H20N2O4S. The van der Waals surface area contributed by atoms with Crippen LogP contribution < -0.4 is 5.32 Å². The number of hydrogen-bond donors (Lipinski definition) is 1. The Balaban J connectivity index is 1.74. The Morgan fingerprint density at radius 3 is 2.95 bits per heavy atom. The first-order valence-corrected chi connectivity index (χ1v) is 8.28. The van der Waals surface area contributed by atoms with Crippen LogP contribution in [0.25, 0.3) is 0 Å². The molecule has 1 aromatic heterocycles. The molecule has 2 aliphatic rings. The fraction of sp³-hybridized carbons (Fsp3) is 0.600. The van der Waals surface area contributed by atoms with Gasteiger partial charge in [0.1, 0.15) is 0 Å². The maximum atomic E-state index is 12.3. The zero-order valence-electron chi connectivity index (χ0n) is 12.5. The summed E-state index contributed by atoms with van der Waals surface area (Å²) in [6, 6.07) is 2.19. The number of aryl methyl sites for hydroxylation is 1. The van der Waals surface area contributed by atoms with Crippen LogP contribution in [-0.4, -0.2) is 55.3 Å². The van der Waals surface area contributed by atoms with Gasteiger partial charge in [0.15, 0.2) is 5.79 Å². The molecular weight excluding hydrogens is 304 g/mol. The Hall–Kier alpha value is -1.44. The van der Waals surface area contributed by atoms with Crippen molar-refractivity contribution in [2.24, 2.45) is 0 Å². The molecule has 120 valence electrons. The molecule has 3 rings (SSSR count). The monoisotopic (exact) mass is 324 g/mol. The van der Waals surface area contributed by atoms with E-state index in [9.17, 15) is 9.59 Å². The summed E-state index contributed by atoms with van der Waals surface area (Å²) < 4.78 is 11.5. The van der Waals surface area contributed by atoms with E-state index in [0.717, 1.165) is 6.42 Å². The van der Waals surface area contributed by atoms with Gasteiger partial charge in [-0.05, 0) is 23.9 Å². The van der Waals surface area contributed by atoms with E-state index in [1.54, 1.807) is 16.2 Å². The molecule has 1 atom stereocenters. The summed E-state index contributed by atoms with van der Waals surface area (Å²) in [7, 11) is 0. The molecule has 2 saturated heterocycles. The number of hydrogen-bond acceptors (Lipinski definition) is 5.